The minimum absolute atomic E-state index is 0.213. The maximum atomic E-state index is 5.64. The van der Waals surface area contributed by atoms with Gasteiger partial charge < -0.3 is 9.26 Å². The second-order valence-corrected chi connectivity index (χ2v) is 6.56. The summed E-state index contributed by atoms with van der Waals surface area (Å²) in [6, 6.07) is 11.9. The molecular weight excluding hydrogens is 326 g/mol. The Morgan fingerprint density at radius 3 is 3.00 bits per heavy atom. The summed E-state index contributed by atoms with van der Waals surface area (Å²) in [7, 11) is 0. The van der Waals surface area contributed by atoms with Gasteiger partial charge in [0.2, 0.25) is 5.16 Å². The average molecular weight is 343 g/mol. The first kappa shape index (κ1) is 15.3. The second-order valence-electron chi connectivity index (χ2n) is 5.62. The number of benzene rings is 1. The smallest absolute Gasteiger partial charge is 0.209 e. The molecule has 0 saturated carbocycles. The fourth-order valence-corrected chi connectivity index (χ4v) is 3.42. The Labute approximate surface area is 143 Å². The molecule has 3 aromatic rings. The largest absolute Gasteiger partial charge is 0.376 e. The molecule has 0 spiro atoms. The third-order valence-corrected chi connectivity index (χ3v) is 4.86. The molecule has 7 nitrogen and oxygen atoms in total. The van der Waals surface area contributed by atoms with E-state index >= 15 is 0 Å². The van der Waals surface area contributed by atoms with E-state index < -0.39 is 0 Å². The molecule has 3 heterocycles. The summed E-state index contributed by atoms with van der Waals surface area (Å²) in [5, 5.41) is 16.8. The maximum Gasteiger partial charge on any atom is 0.209 e. The number of tetrazole rings is 1. The first-order valence-electron chi connectivity index (χ1n) is 7.90. The van der Waals surface area contributed by atoms with Gasteiger partial charge >= 0.3 is 0 Å². The van der Waals surface area contributed by atoms with Crippen molar-refractivity contribution in [3.8, 4) is 11.3 Å². The number of nitrogens with zero attached hydrogens (tertiary/aromatic N) is 5. The third kappa shape index (κ3) is 3.49. The normalized spacial score (nSPS) is 17.4. The van der Waals surface area contributed by atoms with Crippen LogP contribution in [-0.4, -0.2) is 38.1 Å². The van der Waals surface area contributed by atoms with Gasteiger partial charge in [-0.1, -0.05) is 47.3 Å². The molecule has 124 valence electrons. The van der Waals surface area contributed by atoms with Crippen LogP contribution in [0.3, 0.4) is 0 Å². The first-order valence-corrected chi connectivity index (χ1v) is 8.88. The molecule has 1 atom stereocenters. The van der Waals surface area contributed by atoms with Crippen molar-refractivity contribution in [1.29, 1.82) is 0 Å². The summed E-state index contributed by atoms with van der Waals surface area (Å²) < 4.78 is 12.9. The molecule has 24 heavy (non-hydrogen) atoms. The predicted molar refractivity (Wildman–Crippen MR) is 88.3 cm³/mol. The summed E-state index contributed by atoms with van der Waals surface area (Å²) >= 11 is 1.55. The van der Waals surface area contributed by atoms with Crippen molar-refractivity contribution in [3.05, 3.63) is 42.1 Å². The van der Waals surface area contributed by atoms with E-state index in [1.54, 1.807) is 16.4 Å². The summed E-state index contributed by atoms with van der Waals surface area (Å²) in [5.74, 6) is 1.42. The average Bonchev–Trinajstić information content (AvgIpc) is 3.37. The molecule has 8 heteroatoms. The lowest BCUT2D eigenvalue weighted by molar-refractivity contribution is 0.0912. The van der Waals surface area contributed by atoms with Gasteiger partial charge in [0.25, 0.3) is 0 Å². The standard InChI is InChI=1S/C16H17N5O2S/c1-2-5-12(6-3-1)15-9-13(18-23-15)11-24-16-17-19-20-21(16)10-14-7-4-8-22-14/h1-3,5-6,9,14H,4,7-8,10-11H2/t14-/m1/s1. The number of hydrogen-bond acceptors (Lipinski definition) is 7. The molecule has 0 aliphatic carbocycles. The van der Waals surface area contributed by atoms with Gasteiger partial charge in [-0.15, -0.1) is 5.10 Å². The molecule has 0 amide bonds. The van der Waals surface area contributed by atoms with Crippen LogP contribution in [-0.2, 0) is 17.0 Å². The second kappa shape index (κ2) is 7.14. The molecule has 1 saturated heterocycles. The Balaban J connectivity index is 1.39. The Hall–Kier alpha value is -2.19. The van der Waals surface area contributed by atoms with E-state index in [-0.39, 0.29) is 6.10 Å². The Morgan fingerprint density at radius 1 is 1.25 bits per heavy atom. The van der Waals surface area contributed by atoms with Crippen molar-refractivity contribution >= 4 is 11.8 Å². The lowest BCUT2D eigenvalue weighted by Gasteiger charge is -2.09. The van der Waals surface area contributed by atoms with E-state index in [4.69, 9.17) is 9.26 Å². The van der Waals surface area contributed by atoms with Crippen molar-refractivity contribution in [2.24, 2.45) is 0 Å². The zero-order valence-corrected chi connectivity index (χ0v) is 13.9. The number of rotatable bonds is 6. The van der Waals surface area contributed by atoms with Crippen LogP contribution in [0.2, 0.25) is 0 Å². The van der Waals surface area contributed by atoms with Gasteiger partial charge in [-0.05, 0) is 23.3 Å². The zero-order chi connectivity index (χ0) is 16.2. The van der Waals surface area contributed by atoms with Crippen LogP contribution in [0.1, 0.15) is 18.5 Å². The van der Waals surface area contributed by atoms with Crippen molar-refractivity contribution in [2.75, 3.05) is 6.61 Å². The quantitative estimate of drug-likeness (QED) is 0.637. The highest BCUT2D eigenvalue weighted by Gasteiger charge is 2.19. The summed E-state index contributed by atoms with van der Waals surface area (Å²) in [6.07, 6.45) is 2.38. The minimum atomic E-state index is 0.213. The van der Waals surface area contributed by atoms with Crippen molar-refractivity contribution in [1.82, 2.24) is 25.4 Å². The van der Waals surface area contributed by atoms with Crippen LogP contribution in [0.15, 0.2) is 46.1 Å². The van der Waals surface area contributed by atoms with E-state index in [1.165, 1.54) is 0 Å². The molecule has 1 fully saturated rings. The van der Waals surface area contributed by atoms with Gasteiger partial charge in [-0.2, -0.15) is 0 Å². The molecule has 1 aliphatic heterocycles. The number of hydrogen-bond donors (Lipinski definition) is 0. The Bertz CT molecular complexity index is 783. The minimum Gasteiger partial charge on any atom is -0.376 e. The van der Waals surface area contributed by atoms with E-state index in [1.807, 2.05) is 36.4 Å². The van der Waals surface area contributed by atoms with Gasteiger partial charge in [0.05, 0.1) is 18.3 Å². The van der Waals surface area contributed by atoms with Crippen LogP contribution in [0, 0.1) is 0 Å². The van der Waals surface area contributed by atoms with Crippen LogP contribution in [0.25, 0.3) is 11.3 Å². The van der Waals surface area contributed by atoms with E-state index in [0.29, 0.717) is 12.3 Å². The number of ether oxygens (including phenoxy) is 1. The SMILES string of the molecule is c1ccc(-c2cc(CSc3nnnn3C[C@H]3CCCO3)no2)cc1. The zero-order valence-electron chi connectivity index (χ0n) is 13.0. The van der Waals surface area contributed by atoms with Crippen LogP contribution < -0.4 is 0 Å². The number of aromatic nitrogens is 5. The Kier molecular flexibility index (Phi) is 4.57. The van der Waals surface area contributed by atoms with E-state index in [9.17, 15) is 0 Å². The van der Waals surface area contributed by atoms with Gasteiger partial charge in [-0.3, -0.25) is 0 Å². The molecule has 1 aliphatic rings. The number of thioether (sulfide) groups is 1. The monoisotopic (exact) mass is 343 g/mol. The lowest BCUT2D eigenvalue weighted by Crippen LogP contribution is -2.16. The molecule has 2 aromatic heterocycles. The molecule has 4 rings (SSSR count). The van der Waals surface area contributed by atoms with Gasteiger partial charge in [-0.25, -0.2) is 4.68 Å². The highest BCUT2D eigenvalue weighted by Crippen LogP contribution is 2.25. The Morgan fingerprint density at radius 2 is 2.17 bits per heavy atom. The molecule has 1 aromatic carbocycles. The van der Waals surface area contributed by atoms with Gasteiger partial charge in [0, 0.05) is 24.0 Å². The molecule has 0 bridgehead atoms. The van der Waals surface area contributed by atoms with Crippen LogP contribution in [0.5, 0.6) is 0 Å². The highest BCUT2D eigenvalue weighted by molar-refractivity contribution is 7.98. The van der Waals surface area contributed by atoms with Gasteiger partial charge in [0.15, 0.2) is 5.76 Å². The maximum absolute atomic E-state index is 5.64. The van der Waals surface area contributed by atoms with Crippen LogP contribution >= 0.6 is 11.8 Å². The van der Waals surface area contributed by atoms with Crippen LogP contribution in [0.4, 0.5) is 0 Å². The highest BCUT2D eigenvalue weighted by atomic mass is 32.2. The summed E-state index contributed by atoms with van der Waals surface area (Å²) in [4.78, 5) is 0. The lowest BCUT2D eigenvalue weighted by atomic mass is 10.2. The predicted octanol–water partition coefficient (Wildman–Crippen LogP) is 2.80. The third-order valence-electron chi connectivity index (χ3n) is 3.87. The van der Waals surface area contributed by atoms with E-state index in [2.05, 4.69) is 20.7 Å². The topological polar surface area (TPSA) is 78.9 Å². The molecular formula is C16H17N5O2S. The van der Waals surface area contributed by atoms with Crippen molar-refractivity contribution in [3.63, 3.8) is 0 Å². The van der Waals surface area contributed by atoms with Crippen molar-refractivity contribution < 1.29 is 9.26 Å². The van der Waals surface area contributed by atoms with E-state index in [0.717, 1.165) is 41.6 Å². The first-order chi connectivity index (χ1) is 11.9. The van der Waals surface area contributed by atoms with Crippen molar-refractivity contribution in [2.45, 2.75) is 36.4 Å². The fourth-order valence-electron chi connectivity index (χ4n) is 2.65. The molecule has 0 N–H and O–H groups in total. The molecule has 0 radical (unpaired) electrons. The summed E-state index contributed by atoms with van der Waals surface area (Å²) in [5.41, 5.74) is 1.88. The molecule has 0 unspecified atom stereocenters. The van der Waals surface area contributed by atoms with Gasteiger partial charge in [0.1, 0.15) is 0 Å². The summed E-state index contributed by atoms with van der Waals surface area (Å²) in [6.45, 7) is 1.53. The fraction of sp³-hybridized carbons (Fsp3) is 0.375.